The van der Waals surface area contributed by atoms with Crippen molar-refractivity contribution in [1.82, 2.24) is 15.0 Å². The van der Waals surface area contributed by atoms with Gasteiger partial charge in [-0.2, -0.15) is 0 Å². The van der Waals surface area contributed by atoms with Crippen LogP contribution in [0.4, 0.5) is 5.69 Å². The summed E-state index contributed by atoms with van der Waals surface area (Å²) in [5.74, 6) is 0. The smallest absolute Gasteiger partial charge is 0.0925 e. The SMILES string of the molecule is Cc1ncc(Br)c2cccnc12.Cc1ncc(Br)cc1N. The van der Waals surface area contributed by atoms with Gasteiger partial charge in [-0.25, -0.2) is 0 Å². The predicted octanol–water partition coefficient (Wildman–Crippen LogP) is 4.44. The molecule has 0 fully saturated rings. The molecule has 3 rings (SSSR count). The summed E-state index contributed by atoms with van der Waals surface area (Å²) < 4.78 is 1.92. The highest BCUT2D eigenvalue weighted by atomic mass is 79.9. The van der Waals surface area contributed by atoms with E-state index in [1.807, 2.05) is 32.0 Å². The molecule has 2 N–H and O–H groups in total. The summed E-state index contributed by atoms with van der Waals surface area (Å²) in [4.78, 5) is 12.5. The van der Waals surface area contributed by atoms with Crippen molar-refractivity contribution in [1.29, 1.82) is 0 Å². The number of nitrogens with two attached hydrogens (primary N) is 1. The fraction of sp³-hybridized carbons (Fsp3) is 0.133. The molecule has 3 aromatic heterocycles. The van der Waals surface area contributed by atoms with Gasteiger partial charge in [0.2, 0.25) is 0 Å². The van der Waals surface area contributed by atoms with E-state index in [4.69, 9.17) is 5.73 Å². The second kappa shape index (κ2) is 6.95. The van der Waals surface area contributed by atoms with E-state index in [1.165, 1.54) is 0 Å². The molecule has 0 atom stereocenters. The van der Waals surface area contributed by atoms with Crippen LogP contribution in [0.2, 0.25) is 0 Å². The fourth-order valence-electron chi connectivity index (χ4n) is 1.69. The number of hydrogen-bond donors (Lipinski definition) is 1. The van der Waals surface area contributed by atoms with Crippen molar-refractivity contribution in [3.05, 3.63) is 57.1 Å². The van der Waals surface area contributed by atoms with Crippen molar-refractivity contribution >= 4 is 48.5 Å². The van der Waals surface area contributed by atoms with Crippen LogP contribution in [-0.4, -0.2) is 15.0 Å². The zero-order valence-electron chi connectivity index (χ0n) is 11.6. The first-order valence-corrected chi connectivity index (χ1v) is 7.81. The van der Waals surface area contributed by atoms with Crippen LogP contribution in [0.25, 0.3) is 10.9 Å². The van der Waals surface area contributed by atoms with E-state index in [1.54, 1.807) is 18.6 Å². The van der Waals surface area contributed by atoms with Crippen molar-refractivity contribution in [2.75, 3.05) is 5.73 Å². The molecule has 0 aliphatic rings. The van der Waals surface area contributed by atoms with E-state index in [2.05, 4.69) is 46.8 Å². The second-order valence-electron chi connectivity index (χ2n) is 4.42. The first kappa shape index (κ1) is 15.9. The second-order valence-corrected chi connectivity index (χ2v) is 6.19. The van der Waals surface area contributed by atoms with Crippen LogP contribution in [0, 0.1) is 13.8 Å². The molecule has 3 heterocycles. The molecule has 0 bridgehead atoms. The van der Waals surface area contributed by atoms with Gasteiger partial charge in [-0.1, -0.05) is 6.07 Å². The molecule has 0 radical (unpaired) electrons. The molecule has 0 saturated carbocycles. The molecular weight excluding hydrogens is 396 g/mol. The Morgan fingerprint density at radius 3 is 2.33 bits per heavy atom. The average Bonchev–Trinajstić information content (AvgIpc) is 2.48. The van der Waals surface area contributed by atoms with Gasteiger partial charge in [0.1, 0.15) is 0 Å². The normalized spacial score (nSPS) is 10.1. The van der Waals surface area contributed by atoms with Gasteiger partial charge in [-0.15, -0.1) is 0 Å². The Morgan fingerprint density at radius 1 is 1.00 bits per heavy atom. The third-order valence-corrected chi connectivity index (χ3v) is 3.94. The topological polar surface area (TPSA) is 64.7 Å². The van der Waals surface area contributed by atoms with Gasteiger partial charge in [0, 0.05) is 32.9 Å². The van der Waals surface area contributed by atoms with Crippen LogP contribution >= 0.6 is 31.9 Å². The number of nitrogen functional groups attached to an aromatic ring is 1. The van der Waals surface area contributed by atoms with Crippen LogP contribution < -0.4 is 5.73 Å². The molecule has 0 aromatic carbocycles. The minimum absolute atomic E-state index is 0.726. The lowest BCUT2D eigenvalue weighted by Crippen LogP contribution is -1.91. The number of anilines is 1. The van der Waals surface area contributed by atoms with Gasteiger partial charge in [0.05, 0.1) is 22.6 Å². The molecular formula is C15H14Br2N4. The van der Waals surface area contributed by atoms with Crippen LogP contribution in [0.3, 0.4) is 0 Å². The van der Waals surface area contributed by atoms with Crippen LogP contribution in [0.15, 0.2) is 45.7 Å². The van der Waals surface area contributed by atoms with E-state index >= 15 is 0 Å². The maximum atomic E-state index is 5.53. The summed E-state index contributed by atoms with van der Waals surface area (Å²) in [5.41, 5.74) is 9.06. The summed E-state index contributed by atoms with van der Waals surface area (Å²) in [6, 6.07) is 5.79. The zero-order valence-corrected chi connectivity index (χ0v) is 14.8. The Bertz CT molecular complexity index is 734. The van der Waals surface area contributed by atoms with Gasteiger partial charge in [-0.05, 0) is 57.8 Å². The predicted molar refractivity (Wildman–Crippen MR) is 93.1 cm³/mol. The minimum Gasteiger partial charge on any atom is -0.397 e. The van der Waals surface area contributed by atoms with Gasteiger partial charge in [0.15, 0.2) is 0 Å². The monoisotopic (exact) mass is 408 g/mol. The molecule has 6 heteroatoms. The van der Waals surface area contributed by atoms with E-state index < -0.39 is 0 Å². The summed E-state index contributed by atoms with van der Waals surface area (Å²) in [6.45, 7) is 3.84. The third-order valence-electron chi connectivity index (χ3n) is 2.87. The summed E-state index contributed by atoms with van der Waals surface area (Å²) in [6.07, 6.45) is 5.31. The number of aromatic nitrogens is 3. The lowest BCUT2D eigenvalue weighted by atomic mass is 10.2. The molecule has 108 valence electrons. The fourth-order valence-corrected chi connectivity index (χ4v) is 2.47. The Balaban J connectivity index is 0.000000161. The largest absolute Gasteiger partial charge is 0.397 e. The van der Waals surface area contributed by atoms with Gasteiger partial charge >= 0.3 is 0 Å². The lowest BCUT2D eigenvalue weighted by molar-refractivity contribution is 1.20. The van der Waals surface area contributed by atoms with E-state index in [0.717, 1.165) is 36.9 Å². The molecule has 0 aliphatic heterocycles. The number of pyridine rings is 3. The van der Waals surface area contributed by atoms with Crippen LogP contribution in [0.1, 0.15) is 11.4 Å². The number of halogens is 2. The molecule has 4 nitrogen and oxygen atoms in total. The highest BCUT2D eigenvalue weighted by Crippen LogP contribution is 2.22. The van der Waals surface area contributed by atoms with E-state index in [-0.39, 0.29) is 0 Å². The Morgan fingerprint density at radius 2 is 1.71 bits per heavy atom. The molecule has 0 amide bonds. The van der Waals surface area contributed by atoms with Crippen LogP contribution in [-0.2, 0) is 0 Å². The highest BCUT2D eigenvalue weighted by molar-refractivity contribution is 9.11. The van der Waals surface area contributed by atoms with Crippen molar-refractivity contribution in [2.24, 2.45) is 0 Å². The van der Waals surface area contributed by atoms with Crippen molar-refractivity contribution in [2.45, 2.75) is 13.8 Å². The number of aryl methyl sites for hydroxylation is 2. The lowest BCUT2D eigenvalue weighted by Gasteiger charge is -2.00. The molecule has 0 unspecified atom stereocenters. The molecule has 21 heavy (non-hydrogen) atoms. The summed E-state index contributed by atoms with van der Waals surface area (Å²) >= 11 is 6.68. The Kier molecular flexibility index (Phi) is 5.25. The average molecular weight is 410 g/mol. The van der Waals surface area contributed by atoms with Crippen molar-refractivity contribution in [3.63, 3.8) is 0 Å². The highest BCUT2D eigenvalue weighted by Gasteiger charge is 2.01. The minimum atomic E-state index is 0.726. The standard InChI is InChI=1S/C9H7BrN2.C6H7BrN2/c1-6-9-7(3-2-4-11-9)8(10)5-12-6;1-4-6(8)2-5(7)3-9-4/h2-5H,1H3;2-3H,8H2,1H3. The summed E-state index contributed by atoms with van der Waals surface area (Å²) in [5, 5.41) is 1.12. The maximum absolute atomic E-state index is 5.53. The molecule has 0 spiro atoms. The quantitative estimate of drug-likeness (QED) is 0.596. The molecule has 3 aromatic rings. The molecule has 0 saturated heterocycles. The van der Waals surface area contributed by atoms with Gasteiger partial charge < -0.3 is 5.73 Å². The van der Waals surface area contributed by atoms with E-state index in [0.29, 0.717) is 0 Å². The van der Waals surface area contributed by atoms with Gasteiger partial charge in [0.25, 0.3) is 0 Å². The van der Waals surface area contributed by atoms with E-state index in [9.17, 15) is 0 Å². The third kappa shape index (κ3) is 3.98. The first-order chi connectivity index (χ1) is 9.99. The maximum Gasteiger partial charge on any atom is 0.0925 e. The Labute approximate surface area is 140 Å². The number of nitrogens with zero attached hydrogens (tertiary/aromatic N) is 3. The van der Waals surface area contributed by atoms with Crippen molar-refractivity contribution in [3.8, 4) is 0 Å². The Hall–Kier alpha value is -1.53. The molecule has 0 aliphatic carbocycles. The first-order valence-electron chi connectivity index (χ1n) is 6.22. The number of rotatable bonds is 0. The van der Waals surface area contributed by atoms with Crippen molar-refractivity contribution < 1.29 is 0 Å². The number of fused-ring (bicyclic) bond motifs is 1. The van der Waals surface area contributed by atoms with Gasteiger partial charge in [-0.3, -0.25) is 15.0 Å². The number of hydrogen-bond acceptors (Lipinski definition) is 4. The van der Waals surface area contributed by atoms with Crippen LogP contribution in [0.5, 0.6) is 0 Å². The zero-order chi connectivity index (χ0) is 15.4. The summed E-state index contributed by atoms with van der Waals surface area (Å²) in [7, 11) is 0.